The molecular weight excluding hydrogens is 508 g/mol. The molecule has 1 N–H and O–H groups in total. The molecular formula is C23H18Cl2FN9O. The molecule has 13 heteroatoms. The van der Waals surface area contributed by atoms with Crippen LogP contribution in [0.3, 0.4) is 0 Å². The van der Waals surface area contributed by atoms with Crippen LogP contribution in [-0.2, 0) is 0 Å². The van der Waals surface area contributed by atoms with E-state index in [0.29, 0.717) is 28.0 Å². The number of nitrogens with one attached hydrogen (secondary N) is 1. The lowest BCUT2D eigenvalue weighted by Crippen LogP contribution is -2.35. The second-order valence-electron chi connectivity index (χ2n) is 8.68. The van der Waals surface area contributed by atoms with Gasteiger partial charge in [0.25, 0.3) is 0 Å². The number of hydrogen-bond acceptors (Lipinski definition) is 6. The SMILES string of the molecule is [O-][n+]1cc(-c2c(-n3cnnn3)ccc(Cl)c2F)ccc1C(CC1CC1)n1cc(-c2cn[nH]c2Cl)cn1. The van der Waals surface area contributed by atoms with Crippen molar-refractivity contribution in [3.63, 3.8) is 0 Å². The van der Waals surface area contributed by atoms with Crippen LogP contribution in [0.15, 0.2) is 55.4 Å². The topological polar surface area (TPSA) is 117 Å². The van der Waals surface area contributed by atoms with Gasteiger partial charge in [0, 0.05) is 23.4 Å². The molecule has 0 spiro atoms. The largest absolute Gasteiger partial charge is 0.618 e. The van der Waals surface area contributed by atoms with E-state index in [1.54, 1.807) is 35.3 Å². The molecule has 4 aromatic heterocycles. The highest BCUT2D eigenvalue weighted by atomic mass is 35.5. The first-order valence-corrected chi connectivity index (χ1v) is 11.9. The molecule has 0 radical (unpaired) electrons. The molecule has 1 fully saturated rings. The summed E-state index contributed by atoms with van der Waals surface area (Å²) < 4.78 is 19.0. The third-order valence-corrected chi connectivity index (χ3v) is 6.90. The van der Waals surface area contributed by atoms with Crippen molar-refractivity contribution >= 4 is 23.2 Å². The molecule has 10 nitrogen and oxygen atoms in total. The van der Waals surface area contributed by atoms with Crippen molar-refractivity contribution in [2.75, 3.05) is 0 Å². The highest BCUT2D eigenvalue weighted by Gasteiger charge is 2.32. The highest BCUT2D eigenvalue weighted by molar-refractivity contribution is 6.32. The van der Waals surface area contributed by atoms with Crippen molar-refractivity contribution in [2.24, 2.45) is 5.92 Å². The Bertz CT molecular complexity index is 1550. The number of aromatic amines is 1. The first-order valence-electron chi connectivity index (χ1n) is 11.2. The van der Waals surface area contributed by atoms with Gasteiger partial charge in [-0.2, -0.15) is 19.6 Å². The normalized spacial score (nSPS) is 14.3. The van der Waals surface area contributed by atoms with Crippen LogP contribution >= 0.6 is 23.2 Å². The predicted octanol–water partition coefficient (Wildman–Crippen LogP) is 4.38. The fourth-order valence-corrected chi connectivity index (χ4v) is 4.69. The van der Waals surface area contributed by atoms with Gasteiger partial charge in [0.1, 0.15) is 17.5 Å². The van der Waals surface area contributed by atoms with Gasteiger partial charge in [0.15, 0.2) is 12.0 Å². The molecule has 1 aliphatic rings. The zero-order chi connectivity index (χ0) is 24.8. The summed E-state index contributed by atoms with van der Waals surface area (Å²) in [5.74, 6) is -0.155. The maximum atomic E-state index is 15.2. The molecule has 5 aromatic rings. The van der Waals surface area contributed by atoms with Gasteiger partial charge in [-0.3, -0.25) is 9.78 Å². The van der Waals surface area contributed by atoms with E-state index in [-0.39, 0.29) is 16.6 Å². The number of aromatic nitrogens is 9. The maximum absolute atomic E-state index is 15.2. The Morgan fingerprint density at radius 3 is 2.72 bits per heavy atom. The Morgan fingerprint density at radius 1 is 1.17 bits per heavy atom. The Morgan fingerprint density at radius 2 is 2.03 bits per heavy atom. The molecule has 0 aliphatic heterocycles. The molecule has 1 aromatic carbocycles. The fraction of sp³-hybridized carbons (Fsp3) is 0.217. The summed E-state index contributed by atoms with van der Waals surface area (Å²) in [6, 6.07) is 6.10. The number of rotatable bonds is 7. The molecule has 0 amide bonds. The van der Waals surface area contributed by atoms with Crippen molar-refractivity contribution < 1.29 is 9.12 Å². The van der Waals surface area contributed by atoms with Gasteiger partial charge in [-0.15, -0.1) is 5.10 Å². The van der Waals surface area contributed by atoms with Gasteiger partial charge in [0.05, 0.1) is 34.2 Å². The van der Waals surface area contributed by atoms with E-state index in [2.05, 4.69) is 30.8 Å². The maximum Gasteiger partial charge on any atom is 0.217 e. The summed E-state index contributed by atoms with van der Waals surface area (Å²) in [6.07, 6.45) is 10.8. The van der Waals surface area contributed by atoms with Crippen LogP contribution in [0.25, 0.3) is 27.9 Å². The van der Waals surface area contributed by atoms with Crippen LogP contribution in [0, 0.1) is 16.9 Å². The molecule has 6 rings (SSSR count). The first-order chi connectivity index (χ1) is 17.5. The van der Waals surface area contributed by atoms with Gasteiger partial charge in [-0.05, 0) is 41.0 Å². The number of benzene rings is 1. The number of nitrogens with zero attached hydrogens (tertiary/aromatic N) is 8. The second-order valence-corrected chi connectivity index (χ2v) is 9.47. The Labute approximate surface area is 213 Å². The Balaban J connectivity index is 1.41. The molecule has 1 aliphatic carbocycles. The van der Waals surface area contributed by atoms with Crippen LogP contribution in [0.2, 0.25) is 10.2 Å². The quantitative estimate of drug-likeness (QED) is 0.249. The van der Waals surface area contributed by atoms with Gasteiger partial charge in [-0.25, -0.2) is 4.39 Å². The molecule has 182 valence electrons. The van der Waals surface area contributed by atoms with E-state index < -0.39 is 5.82 Å². The molecule has 36 heavy (non-hydrogen) atoms. The van der Waals surface area contributed by atoms with Gasteiger partial charge in [0.2, 0.25) is 5.69 Å². The lowest BCUT2D eigenvalue weighted by molar-refractivity contribution is -0.615. The van der Waals surface area contributed by atoms with Gasteiger partial charge in [-0.1, -0.05) is 36.0 Å². The van der Waals surface area contributed by atoms with E-state index in [1.165, 1.54) is 23.3 Å². The first kappa shape index (κ1) is 22.6. The van der Waals surface area contributed by atoms with Gasteiger partial charge < -0.3 is 5.21 Å². The van der Waals surface area contributed by atoms with Crippen molar-refractivity contribution in [1.29, 1.82) is 0 Å². The fourth-order valence-electron chi connectivity index (χ4n) is 4.33. The number of halogens is 3. The zero-order valence-corrected chi connectivity index (χ0v) is 20.1. The summed E-state index contributed by atoms with van der Waals surface area (Å²) >= 11 is 12.3. The number of tetrazole rings is 1. The summed E-state index contributed by atoms with van der Waals surface area (Å²) in [5.41, 5.74) is 2.83. The van der Waals surface area contributed by atoms with E-state index in [9.17, 15) is 5.21 Å². The van der Waals surface area contributed by atoms with Crippen molar-refractivity contribution in [3.8, 4) is 27.9 Å². The average molecular weight is 526 g/mol. The summed E-state index contributed by atoms with van der Waals surface area (Å²) in [4.78, 5) is 0. The molecule has 4 heterocycles. The number of H-pyrrole nitrogens is 1. The van der Waals surface area contributed by atoms with Crippen LogP contribution in [0.4, 0.5) is 4.39 Å². The third kappa shape index (κ3) is 4.10. The van der Waals surface area contributed by atoms with E-state index in [1.807, 2.05) is 6.20 Å². The predicted molar refractivity (Wildman–Crippen MR) is 129 cm³/mol. The molecule has 1 atom stereocenters. The minimum Gasteiger partial charge on any atom is -0.618 e. The van der Waals surface area contributed by atoms with E-state index in [4.69, 9.17) is 23.2 Å². The minimum atomic E-state index is -0.666. The second kappa shape index (κ2) is 8.99. The summed E-state index contributed by atoms with van der Waals surface area (Å²) in [5, 5.41) is 36.0. The Kier molecular flexibility index (Phi) is 5.65. The smallest absolute Gasteiger partial charge is 0.217 e. The molecule has 1 saturated carbocycles. The summed E-state index contributed by atoms with van der Waals surface area (Å²) in [7, 11) is 0. The number of pyridine rings is 1. The zero-order valence-electron chi connectivity index (χ0n) is 18.6. The molecule has 0 bridgehead atoms. The summed E-state index contributed by atoms with van der Waals surface area (Å²) in [6.45, 7) is 0. The molecule has 1 unspecified atom stereocenters. The van der Waals surface area contributed by atoms with E-state index in [0.717, 1.165) is 35.1 Å². The molecule has 0 saturated heterocycles. The van der Waals surface area contributed by atoms with Crippen molar-refractivity contribution in [3.05, 3.63) is 82.3 Å². The minimum absolute atomic E-state index is 0.0723. The highest BCUT2D eigenvalue weighted by Crippen LogP contribution is 2.40. The Hall–Kier alpha value is -3.83. The van der Waals surface area contributed by atoms with Crippen LogP contribution in [0.5, 0.6) is 0 Å². The van der Waals surface area contributed by atoms with Crippen LogP contribution < -0.4 is 4.73 Å². The van der Waals surface area contributed by atoms with Crippen LogP contribution in [0.1, 0.15) is 31.0 Å². The van der Waals surface area contributed by atoms with Crippen molar-refractivity contribution in [1.82, 2.24) is 40.2 Å². The third-order valence-electron chi connectivity index (χ3n) is 6.32. The van der Waals surface area contributed by atoms with Gasteiger partial charge >= 0.3 is 0 Å². The van der Waals surface area contributed by atoms with Crippen molar-refractivity contribution in [2.45, 2.75) is 25.3 Å². The standard InChI is InChI=1S/C23H18Cl2FN9O/c24-17-4-6-19(34-12-28-31-32-34)21(22(17)26)14-3-5-18(35(36)11-14)20(7-13-1-2-13)33-10-15(8-29-33)16-9-27-30-23(16)25/h3-6,8-13,20H,1-2,7H2,(H,27,30). The van der Waals surface area contributed by atoms with E-state index >= 15 is 4.39 Å². The monoisotopic (exact) mass is 525 g/mol. The average Bonchev–Trinajstić information content (AvgIpc) is 3.24. The lowest BCUT2D eigenvalue weighted by Gasteiger charge is -2.18. The van der Waals surface area contributed by atoms with Crippen LogP contribution in [-0.4, -0.2) is 40.2 Å². The number of hydrogen-bond donors (Lipinski definition) is 1. The lowest BCUT2D eigenvalue weighted by atomic mass is 10.0.